The van der Waals surface area contributed by atoms with E-state index >= 15 is 0 Å². The first-order valence-corrected chi connectivity index (χ1v) is 5.68. The molecule has 0 radical (unpaired) electrons. The van der Waals surface area contributed by atoms with Gasteiger partial charge in [-0.3, -0.25) is 0 Å². The molecule has 1 aromatic carbocycles. The molecule has 0 atom stereocenters. The second-order valence-corrected chi connectivity index (χ2v) is 4.26. The third kappa shape index (κ3) is 2.18. The summed E-state index contributed by atoms with van der Waals surface area (Å²) in [6, 6.07) is 5.19. The minimum absolute atomic E-state index is 0.266. The van der Waals surface area contributed by atoms with Crippen LogP contribution in [0.25, 0.3) is 0 Å². The van der Waals surface area contributed by atoms with Crippen molar-refractivity contribution in [3.05, 3.63) is 29.3 Å². The van der Waals surface area contributed by atoms with Crippen molar-refractivity contribution >= 4 is 5.97 Å². The number of carboxylic acid groups (broad SMARTS) is 1. The summed E-state index contributed by atoms with van der Waals surface area (Å²) in [7, 11) is 0. The molecule has 0 spiro atoms. The lowest BCUT2D eigenvalue weighted by Crippen LogP contribution is -2.12. The highest BCUT2D eigenvalue weighted by Gasteiger charge is 2.18. The molecule has 1 aliphatic carbocycles. The maximum atomic E-state index is 11.0. The molecule has 0 amide bonds. The fourth-order valence-corrected chi connectivity index (χ4v) is 2.16. The standard InChI is InChI=1S/C13H16O3/c1-9-11(13(14)15)7-4-8-12(9)16-10-5-2-3-6-10/h4,7-8,10H,2-3,5-6H2,1H3,(H,14,15). The molecule has 1 fully saturated rings. The Hall–Kier alpha value is -1.51. The number of carboxylic acids is 1. The quantitative estimate of drug-likeness (QED) is 0.851. The number of hydrogen-bond donors (Lipinski definition) is 1. The summed E-state index contributed by atoms with van der Waals surface area (Å²) >= 11 is 0. The average molecular weight is 220 g/mol. The van der Waals surface area contributed by atoms with Crippen LogP contribution in [0.3, 0.4) is 0 Å². The van der Waals surface area contributed by atoms with E-state index in [1.807, 2.05) is 6.07 Å². The highest BCUT2D eigenvalue weighted by Crippen LogP contribution is 2.27. The molecular weight excluding hydrogens is 204 g/mol. The van der Waals surface area contributed by atoms with Gasteiger partial charge in [-0.05, 0) is 44.7 Å². The van der Waals surface area contributed by atoms with Gasteiger partial charge >= 0.3 is 5.97 Å². The normalized spacial score (nSPS) is 16.3. The molecule has 0 unspecified atom stereocenters. The zero-order chi connectivity index (χ0) is 11.5. The summed E-state index contributed by atoms with van der Waals surface area (Å²) < 4.78 is 5.83. The van der Waals surface area contributed by atoms with Gasteiger partial charge in [0.05, 0.1) is 11.7 Å². The van der Waals surface area contributed by atoms with Gasteiger partial charge in [0.15, 0.2) is 0 Å². The Balaban J connectivity index is 2.20. The lowest BCUT2D eigenvalue weighted by Gasteiger charge is -2.15. The monoisotopic (exact) mass is 220 g/mol. The molecule has 1 saturated carbocycles. The number of carbonyl (C=O) groups is 1. The molecule has 16 heavy (non-hydrogen) atoms. The van der Waals surface area contributed by atoms with Crippen LogP contribution in [0, 0.1) is 6.92 Å². The zero-order valence-corrected chi connectivity index (χ0v) is 9.40. The second kappa shape index (κ2) is 4.56. The van der Waals surface area contributed by atoms with Gasteiger partial charge in [-0.2, -0.15) is 0 Å². The van der Waals surface area contributed by atoms with E-state index in [4.69, 9.17) is 9.84 Å². The maximum Gasteiger partial charge on any atom is 0.336 e. The van der Waals surface area contributed by atoms with E-state index in [1.54, 1.807) is 19.1 Å². The van der Waals surface area contributed by atoms with Crippen LogP contribution in [0.1, 0.15) is 41.6 Å². The van der Waals surface area contributed by atoms with Crippen molar-refractivity contribution < 1.29 is 14.6 Å². The molecule has 0 aliphatic heterocycles. The smallest absolute Gasteiger partial charge is 0.336 e. The predicted octanol–water partition coefficient (Wildman–Crippen LogP) is 3.01. The van der Waals surface area contributed by atoms with Gasteiger partial charge in [0, 0.05) is 5.56 Å². The van der Waals surface area contributed by atoms with E-state index in [-0.39, 0.29) is 6.10 Å². The summed E-state index contributed by atoms with van der Waals surface area (Å²) in [6.07, 6.45) is 4.85. The van der Waals surface area contributed by atoms with E-state index in [2.05, 4.69) is 0 Å². The molecule has 1 N–H and O–H groups in total. The summed E-state index contributed by atoms with van der Waals surface area (Å²) in [6.45, 7) is 1.80. The van der Waals surface area contributed by atoms with Crippen LogP contribution in [0.4, 0.5) is 0 Å². The number of ether oxygens (including phenoxy) is 1. The van der Waals surface area contributed by atoms with Crippen molar-refractivity contribution in [2.45, 2.75) is 38.7 Å². The van der Waals surface area contributed by atoms with Gasteiger partial charge < -0.3 is 9.84 Å². The second-order valence-electron chi connectivity index (χ2n) is 4.26. The third-order valence-corrected chi connectivity index (χ3v) is 3.11. The van der Waals surface area contributed by atoms with Crippen molar-refractivity contribution in [3.8, 4) is 5.75 Å². The molecule has 86 valence electrons. The van der Waals surface area contributed by atoms with Gasteiger partial charge in [0.2, 0.25) is 0 Å². The lowest BCUT2D eigenvalue weighted by atomic mass is 10.1. The fourth-order valence-electron chi connectivity index (χ4n) is 2.16. The molecule has 0 saturated heterocycles. The average Bonchev–Trinajstić information content (AvgIpc) is 2.73. The van der Waals surface area contributed by atoms with Crippen molar-refractivity contribution in [1.29, 1.82) is 0 Å². The number of hydrogen-bond acceptors (Lipinski definition) is 2. The van der Waals surface area contributed by atoms with Crippen LogP contribution in [0.2, 0.25) is 0 Å². The van der Waals surface area contributed by atoms with Gasteiger partial charge in [-0.15, -0.1) is 0 Å². The minimum atomic E-state index is -0.894. The Morgan fingerprint density at radius 3 is 2.69 bits per heavy atom. The van der Waals surface area contributed by atoms with Crippen LogP contribution in [0.15, 0.2) is 18.2 Å². The van der Waals surface area contributed by atoms with Crippen LogP contribution in [-0.4, -0.2) is 17.2 Å². The van der Waals surface area contributed by atoms with Crippen LogP contribution < -0.4 is 4.74 Å². The Labute approximate surface area is 95.0 Å². The summed E-state index contributed by atoms with van der Waals surface area (Å²) in [5.41, 5.74) is 1.05. The van der Waals surface area contributed by atoms with Gasteiger partial charge in [-0.1, -0.05) is 6.07 Å². The predicted molar refractivity (Wildman–Crippen MR) is 61.0 cm³/mol. The van der Waals surface area contributed by atoms with E-state index < -0.39 is 5.97 Å². The van der Waals surface area contributed by atoms with E-state index in [0.29, 0.717) is 11.3 Å². The highest BCUT2D eigenvalue weighted by molar-refractivity contribution is 5.90. The summed E-state index contributed by atoms with van der Waals surface area (Å²) in [5, 5.41) is 9.00. The molecule has 3 nitrogen and oxygen atoms in total. The van der Waals surface area contributed by atoms with Crippen LogP contribution >= 0.6 is 0 Å². The SMILES string of the molecule is Cc1c(OC2CCCC2)cccc1C(=O)O. The third-order valence-electron chi connectivity index (χ3n) is 3.11. The van der Waals surface area contributed by atoms with Crippen molar-refractivity contribution in [3.63, 3.8) is 0 Å². The van der Waals surface area contributed by atoms with E-state index in [9.17, 15) is 4.79 Å². The first-order valence-electron chi connectivity index (χ1n) is 5.68. The molecule has 0 heterocycles. The zero-order valence-electron chi connectivity index (χ0n) is 9.40. The molecular formula is C13H16O3. The molecule has 0 aromatic heterocycles. The maximum absolute atomic E-state index is 11.0. The number of aromatic carboxylic acids is 1. The van der Waals surface area contributed by atoms with Crippen molar-refractivity contribution in [1.82, 2.24) is 0 Å². The first kappa shape index (κ1) is 11.0. The van der Waals surface area contributed by atoms with Gasteiger partial charge in [-0.25, -0.2) is 4.79 Å². The van der Waals surface area contributed by atoms with Crippen molar-refractivity contribution in [2.24, 2.45) is 0 Å². The Kier molecular flexibility index (Phi) is 3.13. The Morgan fingerprint density at radius 2 is 2.06 bits per heavy atom. The molecule has 0 bridgehead atoms. The number of rotatable bonds is 3. The Morgan fingerprint density at radius 1 is 1.38 bits per heavy atom. The van der Waals surface area contributed by atoms with Gasteiger partial charge in [0.1, 0.15) is 5.75 Å². The molecule has 1 aliphatic rings. The fraction of sp³-hybridized carbons (Fsp3) is 0.462. The topological polar surface area (TPSA) is 46.5 Å². The molecule has 3 heteroatoms. The van der Waals surface area contributed by atoms with Crippen LogP contribution in [-0.2, 0) is 0 Å². The lowest BCUT2D eigenvalue weighted by molar-refractivity contribution is 0.0695. The number of benzene rings is 1. The largest absolute Gasteiger partial charge is 0.490 e. The van der Waals surface area contributed by atoms with E-state index in [1.165, 1.54) is 12.8 Å². The summed E-state index contributed by atoms with van der Waals surface area (Å²) in [4.78, 5) is 11.0. The van der Waals surface area contributed by atoms with E-state index in [0.717, 1.165) is 18.4 Å². The van der Waals surface area contributed by atoms with Crippen molar-refractivity contribution in [2.75, 3.05) is 0 Å². The highest BCUT2D eigenvalue weighted by atomic mass is 16.5. The first-order chi connectivity index (χ1) is 7.68. The Bertz CT molecular complexity index is 392. The van der Waals surface area contributed by atoms with Crippen LogP contribution in [0.5, 0.6) is 5.75 Å². The van der Waals surface area contributed by atoms with Gasteiger partial charge in [0.25, 0.3) is 0 Å². The summed E-state index contributed by atoms with van der Waals surface area (Å²) in [5.74, 6) is -0.179. The molecule has 2 rings (SSSR count). The molecule has 1 aromatic rings. The minimum Gasteiger partial charge on any atom is -0.490 e.